The first-order chi connectivity index (χ1) is 19.1. The molecule has 2 aromatic rings. The third-order valence-corrected chi connectivity index (χ3v) is 23.1. The first-order valence-corrected chi connectivity index (χ1v) is 21.5. The molecule has 0 atom stereocenters. The van der Waals surface area contributed by atoms with Crippen molar-refractivity contribution < 1.29 is 18.6 Å². The molecule has 40 heavy (non-hydrogen) atoms. The minimum atomic E-state index is -2.43. The number of carbonyl (C=O) groups is 2. The standard InChI is InChI=1S/C19H33O2P.C15H25O2P/c1-5-14-22(15-6-2,16-7-3,17-8-4)21-19(20)18-12-10-9-11-13-18;1-5-18(6-2,7-3,8-4)17-15(16)14-12-10-9-11-13-14/h9-13H,5-8,14-17H2,1-4H3;9-13H,5-8H2,1-4H3. The van der Waals surface area contributed by atoms with E-state index in [0.717, 1.165) is 75.0 Å². The number of hydrogen-bond donors (Lipinski definition) is 0. The van der Waals surface area contributed by atoms with Crippen LogP contribution in [0.1, 0.15) is 102 Å². The van der Waals surface area contributed by atoms with Crippen LogP contribution in [0.5, 0.6) is 0 Å². The van der Waals surface area contributed by atoms with E-state index in [2.05, 4.69) is 55.4 Å². The maximum atomic E-state index is 12.8. The van der Waals surface area contributed by atoms with Gasteiger partial charge in [-0.15, -0.1) is 0 Å². The van der Waals surface area contributed by atoms with Crippen LogP contribution in [-0.4, -0.2) is 61.2 Å². The summed E-state index contributed by atoms with van der Waals surface area (Å²) in [5, 5.41) is 0. The van der Waals surface area contributed by atoms with E-state index < -0.39 is 13.7 Å². The third kappa shape index (κ3) is 9.12. The van der Waals surface area contributed by atoms with Crippen LogP contribution in [0, 0.1) is 0 Å². The van der Waals surface area contributed by atoms with Gasteiger partial charge in [-0.1, -0.05) is 0 Å². The van der Waals surface area contributed by atoms with Crippen LogP contribution in [-0.2, 0) is 9.05 Å². The quantitative estimate of drug-likeness (QED) is 0.182. The molecule has 0 saturated heterocycles. The minimum absolute atomic E-state index is 0.109. The van der Waals surface area contributed by atoms with Crippen LogP contribution in [0.4, 0.5) is 0 Å². The summed E-state index contributed by atoms with van der Waals surface area (Å²) < 4.78 is 12.6. The number of benzene rings is 2. The van der Waals surface area contributed by atoms with Gasteiger partial charge in [-0.25, -0.2) is 0 Å². The molecule has 0 heterocycles. The van der Waals surface area contributed by atoms with Gasteiger partial charge in [0, 0.05) is 0 Å². The summed E-state index contributed by atoms with van der Waals surface area (Å²) in [6, 6.07) is 18.8. The topological polar surface area (TPSA) is 52.6 Å². The van der Waals surface area contributed by atoms with E-state index in [1.54, 1.807) is 0 Å². The molecule has 0 N–H and O–H groups in total. The molecule has 0 aromatic heterocycles. The average Bonchev–Trinajstić information content (AvgIpc) is 2.98. The molecule has 4 nitrogen and oxygen atoms in total. The Labute approximate surface area is 246 Å². The summed E-state index contributed by atoms with van der Waals surface area (Å²) >= 11 is 0. The Kier molecular flexibility index (Phi) is 15.1. The maximum absolute atomic E-state index is 12.8. The average molecular weight is 593 g/mol. The summed E-state index contributed by atoms with van der Waals surface area (Å²) in [7, 11) is 0. The van der Waals surface area contributed by atoms with Gasteiger partial charge in [0.05, 0.1) is 0 Å². The first kappa shape index (κ1) is 36.3. The Morgan fingerprint density at radius 3 is 1.00 bits per heavy atom. The fourth-order valence-corrected chi connectivity index (χ4v) is 17.0. The number of rotatable bonds is 16. The molecule has 228 valence electrons. The second-order valence-electron chi connectivity index (χ2n) is 11.4. The normalized spacial score (nSPS) is 13.5. The second-order valence-corrected chi connectivity index (χ2v) is 23.5. The van der Waals surface area contributed by atoms with Gasteiger partial charge in [-0.3, -0.25) is 0 Å². The van der Waals surface area contributed by atoms with Crippen molar-refractivity contribution in [2.45, 2.75) is 81.1 Å². The molecule has 0 aliphatic rings. The van der Waals surface area contributed by atoms with Crippen LogP contribution in [0.25, 0.3) is 0 Å². The summed E-state index contributed by atoms with van der Waals surface area (Å²) in [6.07, 6.45) is 12.6. The van der Waals surface area contributed by atoms with E-state index in [1.807, 2.05) is 60.7 Å². The Bertz CT molecular complexity index is 960. The first-order valence-electron chi connectivity index (χ1n) is 15.7. The Morgan fingerprint density at radius 2 is 0.750 bits per heavy atom. The van der Waals surface area contributed by atoms with E-state index in [1.165, 1.54) is 0 Å². The van der Waals surface area contributed by atoms with Gasteiger partial charge in [0.15, 0.2) is 0 Å². The van der Waals surface area contributed by atoms with Crippen molar-refractivity contribution in [2.24, 2.45) is 0 Å². The molecule has 2 rings (SSSR count). The van der Waals surface area contributed by atoms with Gasteiger partial charge in [0.25, 0.3) is 0 Å². The van der Waals surface area contributed by atoms with E-state index in [9.17, 15) is 9.59 Å². The van der Waals surface area contributed by atoms with Crippen molar-refractivity contribution in [3.8, 4) is 0 Å². The molecule has 0 aliphatic heterocycles. The Balaban J connectivity index is 0.000000408. The number of hydrogen-bond acceptors (Lipinski definition) is 4. The zero-order chi connectivity index (χ0) is 30.2. The van der Waals surface area contributed by atoms with Crippen molar-refractivity contribution in [1.82, 2.24) is 0 Å². The molecular weight excluding hydrogens is 534 g/mol. The van der Waals surface area contributed by atoms with Gasteiger partial charge in [0.2, 0.25) is 0 Å². The SMILES string of the molecule is CCCP(CCC)(CCC)(CCC)OC(=O)c1ccccc1.CCP(CC)(CC)(CC)OC(=O)c1ccccc1. The predicted molar refractivity (Wildman–Crippen MR) is 180 cm³/mol. The van der Waals surface area contributed by atoms with Crippen LogP contribution in [0.2, 0.25) is 0 Å². The summed E-state index contributed by atoms with van der Waals surface area (Å²) in [5.74, 6) is -0.261. The molecule has 0 bridgehead atoms. The fraction of sp³-hybridized carbons (Fsp3) is 0.588. The Morgan fingerprint density at radius 1 is 0.475 bits per heavy atom. The third-order valence-electron chi connectivity index (χ3n) is 9.06. The van der Waals surface area contributed by atoms with Gasteiger partial charge >= 0.3 is 246 Å². The van der Waals surface area contributed by atoms with Crippen molar-refractivity contribution in [2.75, 3.05) is 49.3 Å². The van der Waals surface area contributed by atoms with Crippen molar-refractivity contribution in [3.63, 3.8) is 0 Å². The molecule has 0 fully saturated rings. The van der Waals surface area contributed by atoms with Crippen LogP contribution >= 0.6 is 13.7 Å². The molecule has 6 heteroatoms. The van der Waals surface area contributed by atoms with Gasteiger partial charge in [-0.2, -0.15) is 0 Å². The van der Waals surface area contributed by atoms with E-state index >= 15 is 0 Å². The monoisotopic (exact) mass is 592 g/mol. The zero-order valence-electron chi connectivity index (χ0n) is 26.8. The van der Waals surface area contributed by atoms with Crippen LogP contribution in [0.15, 0.2) is 60.7 Å². The molecule has 0 amide bonds. The zero-order valence-corrected chi connectivity index (χ0v) is 28.6. The van der Waals surface area contributed by atoms with E-state index in [4.69, 9.17) is 9.05 Å². The molecule has 0 spiro atoms. The molecule has 0 unspecified atom stereocenters. The summed E-state index contributed by atoms with van der Waals surface area (Å²) in [4.78, 5) is 25.1. The molecule has 2 aromatic carbocycles. The molecular formula is C34H58O4P2. The Hall–Kier alpha value is -1.76. The fourth-order valence-electron chi connectivity index (χ4n) is 6.44. The molecule has 0 saturated carbocycles. The second kappa shape index (κ2) is 16.6. The molecule has 0 radical (unpaired) electrons. The molecule has 0 aliphatic carbocycles. The van der Waals surface area contributed by atoms with Crippen molar-refractivity contribution >= 4 is 25.6 Å². The summed E-state index contributed by atoms with van der Waals surface area (Å²) in [6.45, 7) is 12.8. The van der Waals surface area contributed by atoms with Crippen molar-refractivity contribution in [3.05, 3.63) is 71.8 Å². The summed E-state index contributed by atoms with van der Waals surface area (Å²) in [5.41, 5.74) is 1.35. The van der Waals surface area contributed by atoms with Crippen LogP contribution < -0.4 is 0 Å². The van der Waals surface area contributed by atoms with Gasteiger partial charge in [0.1, 0.15) is 0 Å². The van der Waals surface area contributed by atoms with Gasteiger partial charge < -0.3 is 0 Å². The number of carbonyl (C=O) groups excluding carboxylic acids is 2. The van der Waals surface area contributed by atoms with E-state index in [-0.39, 0.29) is 11.9 Å². The predicted octanol–water partition coefficient (Wildman–Crippen LogP) is 10.3. The van der Waals surface area contributed by atoms with Crippen LogP contribution in [0.3, 0.4) is 0 Å². The van der Waals surface area contributed by atoms with Crippen molar-refractivity contribution in [1.29, 1.82) is 0 Å². The van der Waals surface area contributed by atoms with Gasteiger partial charge in [-0.05, 0) is 0 Å². The van der Waals surface area contributed by atoms with E-state index in [0.29, 0.717) is 11.1 Å².